The van der Waals surface area contributed by atoms with Crippen LogP contribution in [0.25, 0.3) is 0 Å². The molecule has 1 N–H and O–H groups in total. The van der Waals surface area contributed by atoms with Crippen LogP contribution in [0.2, 0.25) is 0 Å². The number of hydrogen-bond acceptors (Lipinski definition) is 2. The van der Waals surface area contributed by atoms with Crippen molar-refractivity contribution >= 4 is 11.6 Å². The Balaban J connectivity index is 2.27. The van der Waals surface area contributed by atoms with Crippen LogP contribution < -0.4 is 5.32 Å². The first-order valence-corrected chi connectivity index (χ1v) is 5.27. The van der Waals surface area contributed by atoms with Gasteiger partial charge in [-0.25, -0.2) is 4.39 Å². The summed E-state index contributed by atoms with van der Waals surface area (Å²) in [7, 11) is 0. The number of rotatable bonds is 2. The summed E-state index contributed by atoms with van der Waals surface area (Å²) in [5.41, 5.74) is 0.678. The fourth-order valence-corrected chi connectivity index (χ4v) is 1.49. The van der Waals surface area contributed by atoms with Crippen molar-refractivity contribution in [2.75, 3.05) is 5.32 Å². The first kappa shape index (κ1) is 11.8. The smallest absolute Gasteiger partial charge is 0.258 e. The molecule has 0 unspecified atom stereocenters. The quantitative estimate of drug-likeness (QED) is 0.877. The number of para-hydroxylation sites is 1. The molecule has 0 aromatic heterocycles. The molecule has 0 atom stereocenters. The molecule has 0 saturated heterocycles. The minimum absolute atomic E-state index is 0.141. The Morgan fingerprint density at radius 2 is 1.89 bits per heavy atom. The highest BCUT2D eigenvalue weighted by molar-refractivity contribution is 6.04. The van der Waals surface area contributed by atoms with E-state index in [2.05, 4.69) is 5.32 Å². The average molecular weight is 240 g/mol. The lowest BCUT2D eigenvalue weighted by Gasteiger charge is -2.06. The van der Waals surface area contributed by atoms with Crippen LogP contribution in [0.1, 0.15) is 15.9 Å². The van der Waals surface area contributed by atoms with Gasteiger partial charge >= 0.3 is 0 Å². The molecule has 1 amide bonds. The van der Waals surface area contributed by atoms with E-state index in [4.69, 9.17) is 5.26 Å². The summed E-state index contributed by atoms with van der Waals surface area (Å²) in [6, 6.07) is 14.3. The van der Waals surface area contributed by atoms with Crippen molar-refractivity contribution in [1.29, 1.82) is 5.26 Å². The first-order valence-electron chi connectivity index (χ1n) is 5.27. The van der Waals surface area contributed by atoms with E-state index in [-0.39, 0.29) is 11.1 Å². The molecule has 0 aliphatic heterocycles. The molecule has 0 saturated carbocycles. The topological polar surface area (TPSA) is 52.9 Å². The average Bonchev–Trinajstić information content (AvgIpc) is 2.40. The number of halogens is 1. The summed E-state index contributed by atoms with van der Waals surface area (Å²) in [4.78, 5) is 11.8. The van der Waals surface area contributed by atoms with E-state index < -0.39 is 11.7 Å². The van der Waals surface area contributed by atoms with E-state index in [0.717, 1.165) is 6.07 Å². The Hall–Kier alpha value is -2.67. The summed E-state index contributed by atoms with van der Waals surface area (Å²) >= 11 is 0. The number of nitrogens with one attached hydrogen (secondary N) is 1. The summed E-state index contributed by atoms with van der Waals surface area (Å²) in [5, 5.41) is 11.3. The van der Waals surface area contributed by atoms with Crippen molar-refractivity contribution in [1.82, 2.24) is 0 Å². The lowest BCUT2D eigenvalue weighted by Crippen LogP contribution is -2.13. The molecule has 2 aromatic carbocycles. The van der Waals surface area contributed by atoms with Gasteiger partial charge in [-0.2, -0.15) is 5.26 Å². The zero-order valence-corrected chi connectivity index (χ0v) is 9.35. The van der Waals surface area contributed by atoms with Gasteiger partial charge in [0.05, 0.1) is 17.2 Å². The van der Waals surface area contributed by atoms with E-state index in [1.807, 2.05) is 12.1 Å². The molecule has 0 radical (unpaired) electrons. The van der Waals surface area contributed by atoms with Crippen LogP contribution in [0.3, 0.4) is 0 Å². The van der Waals surface area contributed by atoms with Crippen LogP contribution in [-0.2, 0) is 0 Å². The zero-order valence-electron chi connectivity index (χ0n) is 9.35. The van der Waals surface area contributed by atoms with E-state index in [9.17, 15) is 9.18 Å². The van der Waals surface area contributed by atoms with Gasteiger partial charge in [0.1, 0.15) is 5.82 Å². The monoisotopic (exact) mass is 240 g/mol. The first-order chi connectivity index (χ1) is 8.70. The van der Waals surface area contributed by atoms with E-state index >= 15 is 0 Å². The Labute approximate surface area is 103 Å². The second-order valence-electron chi connectivity index (χ2n) is 3.63. The standard InChI is InChI=1S/C14H9FN2O/c15-13-7-6-10(9-16)8-12(13)14(18)17-11-4-2-1-3-5-11/h1-8H,(H,17,18). The molecule has 0 fully saturated rings. The van der Waals surface area contributed by atoms with Gasteiger partial charge in [0.15, 0.2) is 0 Å². The Kier molecular flexibility index (Phi) is 3.35. The van der Waals surface area contributed by atoms with Crippen molar-refractivity contribution < 1.29 is 9.18 Å². The number of anilines is 1. The molecule has 0 spiro atoms. The molecule has 18 heavy (non-hydrogen) atoms. The zero-order chi connectivity index (χ0) is 13.0. The van der Waals surface area contributed by atoms with Crippen LogP contribution in [0, 0.1) is 17.1 Å². The lowest BCUT2D eigenvalue weighted by atomic mass is 10.1. The Morgan fingerprint density at radius 3 is 2.56 bits per heavy atom. The van der Waals surface area contributed by atoms with E-state index in [1.165, 1.54) is 12.1 Å². The van der Waals surface area contributed by atoms with Crippen molar-refractivity contribution in [2.24, 2.45) is 0 Å². The number of amides is 1. The molecule has 0 aliphatic carbocycles. The summed E-state index contributed by atoms with van der Waals surface area (Å²) in [5.74, 6) is -1.22. The van der Waals surface area contributed by atoms with Gasteiger partial charge in [0.2, 0.25) is 0 Å². The highest BCUT2D eigenvalue weighted by atomic mass is 19.1. The molecular formula is C14H9FN2O. The van der Waals surface area contributed by atoms with E-state index in [1.54, 1.807) is 24.3 Å². The molecular weight excluding hydrogens is 231 g/mol. The fourth-order valence-electron chi connectivity index (χ4n) is 1.49. The molecule has 88 valence electrons. The number of carbonyl (C=O) groups is 1. The summed E-state index contributed by atoms with van der Waals surface area (Å²) in [6.07, 6.45) is 0. The summed E-state index contributed by atoms with van der Waals surface area (Å²) in [6.45, 7) is 0. The van der Waals surface area contributed by atoms with Crippen LogP contribution in [0.4, 0.5) is 10.1 Å². The Bertz CT molecular complexity index is 617. The molecule has 0 heterocycles. The predicted molar refractivity (Wildman–Crippen MR) is 65.5 cm³/mol. The molecule has 0 aliphatic rings. The predicted octanol–water partition coefficient (Wildman–Crippen LogP) is 2.95. The second-order valence-corrected chi connectivity index (χ2v) is 3.63. The third-order valence-electron chi connectivity index (χ3n) is 2.37. The molecule has 3 nitrogen and oxygen atoms in total. The SMILES string of the molecule is N#Cc1ccc(F)c(C(=O)Nc2ccccc2)c1. The lowest BCUT2D eigenvalue weighted by molar-refractivity contribution is 0.102. The van der Waals surface area contributed by atoms with Gasteiger partial charge in [-0.05, 0) is 30.3 Å². The highest BCUT2D eigenvalue weighted by Crippen LogP contribution is 2.13. The maximum absolute atomic E-state index is 13.5. The van der Waals surface area contributed by atoms with Gasteiger partial charge in [-0.1, -0.05) is 18.2 Å². The van der Waals surface area contributed by atoms with Crippen molar-refractivity contribution in [2.45, 2.75) is 0 Å². The van der Waals surface area contributed by atoms with Crippen LogP contribution in [0.5, 0.6) is 0 Å². The minimum Gasteiger partial charge on any atom is -0.322 e. The van der Waals surface area contributed by atoms with Crippen LogP contribution >= 0.6 is 0 Å². The number of hydrogen-bond donors (Lipinski definition) is 1. The van der Waals surface area contributed by atoms with Crippen molar-refractivity contribution in [3.8, 4) is 6.07 Å². The van der Waals surface area contributed by atoms with Crippen LogP contribution in [0.15, 0.2) is 48.5 Å². The second kappa shape index (κ2) is 5.11. The highest BCUT2D eigenvalue weighted by Gasteiger charge is 2.12. The number of carbonyl (C=O) groups excluding carboxylic acids is 1. The Morgan fingerprint density at radius 1 is 1.17 bits per heavy atom. The van der Waals surface area contributed by atoms with E-state index in [0.29, 0.717) is 5.69 Å². The maximum atomic E-state index is 13.5. The molecule has 0 bridgehead atoms. The normalized spacial score (nSPS) is 9.56. The maximum Gasteiger partial charge on any atom is 0.258 e. The molecule has 4 heteroatoms. The third kappa shape index (κ3) is 2.53. The minimum atomic E-state index is -0.651. The van der Waals surface area contributed by atoms with Gasteiger partial charge in [-0.3, -0.25) is 4.79 Å². The third-order valence-corrected chi connectivity index (χ3v) is 2.37. The summed E-state index contributed by atoms with van der Waals surface area (Å²) < 4.78 is 13.5. The number of benzene rings is 2. The van der Waals surface area contributed by atoms with Gasteiger partial charge in [-0.15, -0.1) is 0 Å². The van der Waals surface area contributed by atoms with Crippen molar-refractivity contribution in [3.05, 3.63) is 65.5 Å². The van der Waals surface area contributed by atoms with Gasteiger partial charge < -0.3 is 5.32 Å². The largest absolute Gasteiger partial charge is 0.322 e. The fraction of sp³-hybridized carbons (Fsp3) is 0. The molecule has 2 aromatic rings. The van der Waals surface area contributed by atoms with Crippen molar-refractivity contribution in [3.63, 3.8) is 0 Å². The number of nitriles is 1. The molecule has 2 rings (SSSR count). The van der Waals surface area contributed by atoms with Crippen LogP contribution in [-0.4, -0.2) is 5.91 Å². The van der Waals surface area contributed by atoms with Gasteiger partial charge in [0.25, 0.3) is 5.91 Å². The van der Waals surface area contributed by atoms with Gasteiger partial charge in [0, 0.05) is 5.69 Å². The number of nitrogens with zero attached hydrogens (tertiary/aromatic N) is 1.